The fourth-order valence-corrected chi connectivity index (χ4v) is 1.73. The predicted molar refractivity (Wildman–Crippen MR) is 105 cm³/mol. The number of aliphatic imine (C=N–C) groups is 1. The van der Waals surface area contributed by atoms with Crippen LogP contribution in [-0.2, 0) is 9.47 Å². The van der Waals surface area contributed by atoms with Gasteiger partial charge in [0.25, 0.3) is 0 Å². The first-order valence-corrected chi connectivity index (χ1v) is 8.52. The summed E-state index contributed by atoms with van der Waals surface area (Å²) in [5.41, 5.74) is 0. The van der Waals surface area contributed by atoms with E-state index in [1.165, 1.54) is 6.42 Å². The van der Waals surface area contributed by atoms with Gasteiger partial charge in [-0.15, -0.1) is 24.0 Å². The molecule has 0 spiro atoms. The van der Waals surface area contributed by atoms with Crippen LogP contribution in [0.3, 0.4) is 0 Å². The van der Waals surface area contributed by atoms with Crippen molar-refractivity contribution < 1.29 is 9.47 Å². The molecular formula is C16H36IN3O2. The molecule has 0 radical (unpaired) electrons. The summed E-state index contributed by atoms with van der Waals surface area (Å²) < 4.78 is 10.8. The summed E-state index contributed by atoms with van der Waals surface area (Å²) in [6.45, 7) is 12.2. The molecule has 0 amide bonds. The van der Waals surface area contributed by atoms with Gasteiger partial charge in [-0.05, 0) is 39.5 Å². The summed E-state index contributed by atoms with van der Waals surface area (Å²) in [6, 6.07) is 0. The van der Waals surface area contributed by atoms with E-state index in [4.69, 9.17) is 9.47 Å². The van der Waals surface area contributed by atoms with Gasteiger partial charge >= 0.3 is 0 Å². The van der Waals surface area contributed by atoms with Gasteiger partial charge in [0, 0.05) is 46.1 Å². The molecule has 5 nitrogen and oxygen atoms in total. The first-order valence-electron chi connectivity index (χ1n) is 8.52. The summed E-state index contributed by atoms with van der Waals surface area (Å²) in [7, 11) is 0. The Hall–Kier alpha value is -0.0800. The third-order valence-corrected chi connectivity index (χ3v) is 2.92. The molecule has 0 aromatic carbocycles. The molecule has 0 saturated heterocycles. The van der Waals surface area contributed by atoms with Gasteiger partial charge in [0.2, 0.25) is 0 Å². The van der Waals surface area contributed by atoms with Crippen LogP contribution in [-0.4, -0.2) is 52.0 Å². The number of ether oxygens (including phenoxy) is 2. The number of nitrogens with one attached hydrogen (secondary N) is 2. The van der Waals surface area contributed by atoms with Crippen LogP contribution in [0, 0.1) is 0 Å². The van der Waals surface area contributed by atoms with Gasteiger partial charge in [0.1, 0.15) is 0 Å². The maximum Gasteiger partial charge on any atom is 0.191 e. The molecular weight excluding hydrogens is 393 g/mol. The molecule has 2 N–H and O–H groups in total. The lowest BCUT2D eigenvalue weighted by Crippen LogP contribution is -2.38. The monoisotopic (exact) mass is 429 g/mol. The van der Waals surface area contributed by atoms with E-state index in [1.807, 2.05) is 6.92 Å². The molecule has 0 atom stereocenters. The highest BCUT2D eigenvalue weighted by molar-refractivity contribution is 14.0. The average Bonchev–Trinajstić information content (AvgIpc) is 2.49. The average molecular weight is 429 g/mol. The Kier molecular flexibility index (Phi) is 23.0. The molecule has 134 valence electrons. The number of guanidine groups is 1. The maximum atomic E-state index is 5.53. The van der Waals surface area contributed by atoms with Crippen LogP contribution in [0.15, 0.2) is 4.99 Å². The second-order valence-corrected chi connectivity index (χ2v) is 4.91. The third-order valence-electron chi connectivity index (χ3n) is 2.92. The number of unbranched alkanes of at least 4 members (excludes halogenated alkanes) is 2. The SMILES string of the molecule is CCCCOCCCN=C(NCC)NCCCCOCC.I. The van der Waals surface area contributed by atoms with Crippen molar-refractivity contribution in [2.75, 3.05) is 46.1 Å². The Balaban J connectivity index is 0. The van der Waals surface area contributed by atoms with Gasteiger partial charge < -0.3 is 20.1 Å². The van der Waals surface area contributed by atoms with Crippen LogP contribution in [0.1, 0.15) is 52.9 Å². The topological polar surface area (TPSA) is 54.9 Å². The lowest BCUT2D eigenvalue weighted by Gasteiger charge is -2.11. The largest absolute Gasteiger partial charge is 0.382 e. The van der Waals surface area contributed by atoms with Crippen LogP contribution < -0.4 is 10.6 Å². The second kappa shape index (κ2) is 20.9. The van der Waals surface area contributed by atoms with Crippen molar-refractivity contribution in [3.8, 4) is 0 Å². The zero-order valence-corrected chi connectivity index (χ0v) is 17.0. The van der Waals surface area contributed by atoms with E-state index in [0.717, 1.165) is 77.7 Å². The van der Waals surface area contributed by atoms with E-state index >= 15 is 0 Å². The van der Waals surface area contributed by atoms with Gasteiger partial charge in [-0.1, -0.05) is 13.3 Å². The van der Waals surface area contributed by atoms with Crippen LogP contribution >= 0.6 is 24.0 Å². The summed E-state index contributed by atoms with van der Waals surface area (Å²) in [5, 5.41) is 6.61. The van der Waals surface area contributed by atoms with Gasteiger partial charge in [0.15, 0.2) is 5.96 Å². The molecule has 0 fully saturated rings. The summed E-state index contributed by atoms with van der Waals surface area (Å²) in [5.74, 6) is 0.905. The summed E-state index contributed by atoms with van der Waals surface area (Å²) in [4.78, 5) is 4.55. The molecule has 0 aliphatic heterocycles. The van der Waals surface area contributed by atoms with Crippen molar-refractivity contribution >= 4 is 29.9 Å². The Bertz CT molecular complexity index is 241. The smallest absolute Gasteiger partial charge is 0.191 e. The Morgan fingerprint density at radius 1 is 0.864 bits per heavy atom. The summed E-state index contributed by atoms with van der Waals surface area (Å²) >= 11 is 0. The first kappa shape index (κ1) is 24.2. The van der Waals surface area contributed by atoms with Crippen molar-refractivity contribution in [3.05, 3.63) is 0 Å². The maximum absolute atomic E-state index is 5.53. The van der Waals surface area contributed by atoms with E-state index in [2.05, 4.69) is 29.5 Å². The number of nitrogens with zero attached hydrogens (tertiary/aromatic N) is 1. The minimum atomic E-state index is 0. The molecule has 0 saturated carbocycles. The van der Waals surface area contributed by atoms with Crippen LogP contribution in [0.4, 0.5) is 0 Å². The number of hydrogen-bond donors (Lipinski definition) is 2. The molecule has 0 unspecified atom stereocenters. The third kappa shape index (κ3) is 18.0. The molecule has 0 aliphatic carbocycles. The number of hydrogen-bond acceptors (Lipinski definition) is 3. The molecule has 22 heavy (non-hydrogen) atoms. The van der Waals surface area contributed by atoms with E-state index in [0.29, 0.717) is 0 Å². The van der Waals surface area contributed by atoms with Crippen LogP contribution in [0.2, 0.25) is 0 Å². The Morgan fingerprint density at radius 2 is 1.59 bits per heavy atom. The van der Waals surface area contributed by atoms with Gasteiger partial charge in [-0.25, -0.2) is 0 Å². The Morgan fingerprint density at radius 3 is 2.27 bits per heavy atom. The summed E-state index contributed by atoms with van der Waals surface area (Å²) in [6.07, 6.45) is 5.51. The minimum absolute atomic E-state index is 0. The molecule has 0 aromatic heterocycles. The minimum Gasteiger partial charge on any atom is -0.382 e. The van der Waals surface area contributed by atoms with Crippen molar-refractivity contribution in [2.45, 2.75) is 52.9 Å². The fraction of sp³-hybridized carbons (Fsp3) is 0.938. The van der Waals surface area contributed by atoms with Gasteiger partial charge in [0.05, 0.1) is 0 Å². The zero-order valence-electron chi connectivity index (χ0n) is 14.7. The number of rotatable bonds is 14. The normalized spacial score (nSPS) is 11.1. The lowest BCUT2D eigenvalue weighted by molar-refractivity contribution is 0.130. The Labute approximate surface area is 154 Å². The standard InChI is InChI=1S/C16H35N3O2.HI/c1-4-7-13-21-15-10-12-19-16(17-5-2)18-11-8-9-14-20-6-3;/h4-15H2,1-3H3,(H2,17,18,19);1H. The van der Waals surface area contributed by atoms with E-state index in [-0.39, 0.29) is 24.0 Å². The van der Waals surface area contributed by atoms with Crippen LogP contribution in [0.5, 0.6) is 0 Å². The van der Waals surface area contributed by atoms with Gasteiger partial charge in [-0.2, -0.15) is 0 Å². The highest BCUT2D eigenvalue weighted by Crippen LogP contribution is 1.91. The van der Waals surface area contributed by atoms with Crippen molar-refractivity contribution in [2.24, 2.45) is 4.99 Å². The quantitative estimate of drug-likeness (QED) is 0.193. The van der Waals surface area contributed by atoms with E-state index in [1.54, 1.807) is 0 Å². The lowest BCUT2D eigenvalue weighted by atomic mass is 10.3. The van der Waals surface area contributed by atoms with E-state index in [9.17, 15) is 0 Å². The van der Waals surface area contributed by atoms with Gasteiger partial charge in [-0.3, -0.25) is 4.99 Å². The number of halogens is 1. The van der Waals surface area contributed by atoms with Crippen molar-refractivity contribution in [3.63, 3.8) is 0 Å². The van der Waals surface area contributed by atoms with Crippen LogP contribution in [0.25, 0.3) is 0 Å². The highest BCUT2D eigenvalue weighted by atomic mass is 127. The molecule has 0 heterocycles. The molecule has 0 aliphatic rings. The second-order valence-electron chi connectivity index (χ2n) is 4.91. The molecule has 0 rings (SSSR count). The first-order chi connectivity index (χ1) is 10.3. The molecule has 6 heteroatoms. The predicted octanol–water partition coefficient (Wildman–Crippen LogP) is 3.18. The van der Waals surface area contributed by atoms with Crippen molar-refractivity contribution in [1.82, 2.24) is 10.6 Å². The zero-order chi connectivity index (χ0) is 15.6. The highest BCUT2D eigenvalue weighted by Gasteiger charge is 1.96. The molecule has 0 aromatic rings. The van der Waals surface area contributed by atoms with Crippen molar-refractivity contribution in [1.29, 1.82) is 0 Å². The van der Waals surface area contributed by atoms with E-state index < -0.39 is 0 Å². The fourth-order valence-electron chi connectivity index (χ4n) is 1.73. The molecule has 0 bridgehead atoms.